The first-order valence-corrected chi connectivity index (χ1v) is 10.5. The SMILES string of the molecule is COc1cccc(C=C(C#N)c2nc3ccccc3s2)c1OCc1c(F)cccc1Cl. The van der Waals surface area contributed by atoms with Crippen molar-refractivity contribution < 1.29 is 13.9 Å². The maximum Gasteiger partial charge on any atom is 0.168 e. The van der Waals surface area contributed by atoms with Gasteiger partial charge in [-0.2, -0.15) is 5.26 Å². The van der Waals surface area contributed by atoms with Gasteiger partial charge in [-0.1, -0.05) is 41.9 Å². The molecule has 0 aliphatic heterocycles. The highest BCUT2D eigenvalue weighted by Gasteiger charge is 2.15. The highest BCUT2D eigenvalue weighted by molar-refractivity contribution is 7.19. The van der Waals surface area contributed by atoms with Crippen molar-refractivity contribution in [1.82, 2.24) is 4.98 Å². The normalized spacial score (nSPS) is 11.4. The molecule has 7 heteroatoms. The van der Waals surface area contributed by atoms with Crippen LogP contribution in [0.15, 0.2) is 60.7 Å². The third kappa shape index (κ3) is 4.38. The van der Waals surface area contributed by atoms with Crippen LogP contribution in [-0.2, 0) is 6.61 Å². The summed E-state index contributed by atoms with van der Waals surface area (Å²) in [5, 5.41) is 10.7. The van der Waals surface area contributed by atoms with Gasteiger partial charge in [0.15, 0.2) is 11.5 Å². The summed E-state index contributed by atoms with van der Waals surface area (Å²) < 4.78 is 26.5. The monoisotopic (exact) mass is 450 g/mol. The van der Waals surface area contributed by atoms with Gasteiger partial charge >= 0.3 is 0 Å². The lowest BCUT2D eigenvalue weighted by molar-refractivity contribution is 0.279. The number of hydrogen-bond acceptors (Lipinski definition) is 5. The standard InChI is InChI=1S/C24H16ClFN2O2S/c1-29-21-10-4-6-15(23(21)30-14-17-18(25)7-5-8-19(17)26)12-16(13-27)24-28-20-9-2-3-11-22(20)31-24/h2-12H,14H2,1H3. The molecule has 0 atom stereocenters. The topological polar surface area (TPSA) is 55.1 Å². The van der Waals surface area contributed by atoms with Gasteiger partial charge < -0.3 is 9.47 Å². The Hall–Kier alpha value is -3.40. The Bertz CT molecular complexity index is 1270. The maximum absolute atomic E-state index is 14.2. The van der Waals surface area contributed by atoms with E-state index in [4.69, 9.17) is 21.1 Å². The second kappa shape index (κ2) is 9.17. The molecule has 31 heavy (non-hydrogen) atoms. The van der Waals surface area contributed by atoms with E-state index in [-0.39, 0.29) is 17.2 Å². The van der Waals surface area contributed by atoms with Crippen molar-refractivity contribution in [2.75, 3.05) is 7.11 Å². The second-order valence-electron chi connectivity index (χ2n) is 6.52. The number of halogens is 2. The number of benzene rings is 3. The fraction of sp³-hybridized carbons (Fsp3) is 0.0833. The van der Waals surface area contributed by atoms with Gasteiger partial charge in [0.2, 0.25) is 0 Å². The molecule has 0 aliphatic carbocycles. The van der Waals surface area contributed by atoms with Crippen LogP contribution < -0.4 is 9.47 Å². The quantitative estimate of drug-likeness (QED) is 0.305. The number of ether oxygens (including phenoxy) is 2. The average molecular weight is 451 g/mol. The smallest absolute Gasteiger partial charge is 0.168 e. The zero-order valence-corrected chi connectivity index (χ0v) is 18.0. The Kier molecular flexibility index (Phi) is 6.17. The lowest BCUT2D eigenvalue weighted by atomic mass is 10.1. The Morgan fingerprint density at radius 1 is 1.16 bits per heavy atom. The number of fused-ring (bicyclic) bond motifs is 1. The van der Waals surface area contributed by atoms with Crippen LogP contribution >= 0.6 is 22.9 Å². The molecule has 0 saturated carbocycles. The van der Waals surface area contributed by atoms with E-state index >= 15 is 0 Å². The van der Waals surface area contributed by atoms with E-state index in [0.717, 1.165) is 10.2 Å². The number of hydrogen-bond donors (Lipinski definition) is 0. The Labute approximate surface area is 187 Å². The van der Waals surface area contributed by atoms with Crippen LogP contribution in [0.4, 0.5) is 4.39 Å². The van der Waals surface area contributed by atoms with Gasteiger partial charge in [0, 0.05) is 11.1 Å². The molecule has 4 rings (SSSR count). The molecule has 3 aromatic carbocycles. The molecule has 0 aliphatic rings. The molecule has 0 radical (unpaired) electrons. The molecule has 0 saturated heterocycles. The first-order valence-electron chi connectivity index (χ1n) is 9.31. The van der Waals surface area contributed by atoms with Crippen LogP contribution in [-0.4, -0.2) is 12.1 Å². The molecule has 0 fully saturated rings. The van der Waals surface area contributed by atoms with E-state index in [1.54, 1.807) is 30.3 Å². The maximum atomic E-state index is 14.2. The van der Waals surface area contributed by atoms with Crippen LogP contribution in [0.25, 0.3) is 21.9 Å². The largest absolute Gasteiger partial charge is 0.493 e. The summed E-state index contributed by atoms with van der Waals surface area (Å²) in [6.07, 6.45) is 1.69. The summed E-state index contributed by atoms with van der Waals surface area (Å²) in [6, 6.07) is 19.7. The van der Waals surface area contributed by atoms with Crippen molar-refractivity contribution in [1.29, 1.82) is 5.26 Å². The molecule has 0 unspecified atom stereocenters. The van der Waals surface area contributed by atoms with E-state index in [9.17, 15) is 9.65 Å². The van der Waals surface area contributed by atoms with E-state index in [1.165, 1.54) is 30.6 Å². The van der Waals surface area contributed by atoms with Crippen molar-refractivity contribution >= 4 is 44.8 Å². The third-order valence-corrected chi connectivity index (χ3v) is 6.02. The van der Waals surface area contributed by atoms with Gasteiger partial charge in [-0.3, -0.25) is 0 Å². The fourth-order valence-electron chi connectivity index (χ4n) is 3.06. The lowest BCUT2D eigenvalue weighted by Crippen LogP contribution is -2.02. The van der Waals surface area contributed by atoms with Crippen LogP contribution in [0.3, 0.4) is 0 Å². The molecule has 4 aromatic rings. The summed E-state index contributed by atoms with van der Waals surface area (Å²) in [6.45, 7) is -0.0876. The molecular formula is C24H16ClFN2O2S. The van der Waals surface area contributed by atoms with Crippen molar-refractivity contribution in [3.8, 4) is 17.6 Å². The molecule has 0 bridgehead atoms. The molecule has 1 heterocycles. The van der Waals surface area contributed by atoms with Crippen LogP contribution in [0, 0.1) is 17.1 Å². The van der Waals surface area contributed by atoms with E-state index < -0.39 is 5.82 Å². The van der Waals surface area contributed by atoms with Gasteiger partial charge in [-0.25, -0.2) is 9.37 Å². The molecule has 0 N–H and O–H groups in total. The predicted molar refractivity (Wildman–Crippen MR) is 122 cm³/mol. The number of rotatable bonds is 6. The van der Waals surface area contributed by atoms with Crippen molar-refractivity contribution in [2.24, 2.45) is 0 Å². The van der Waals surface area contributed by atoms with Crippen molar-refractivity contribution in [3.05, 3.63) is 87.6 Å². The van der Waals surface area contributed by atoms with Crippen LogP contribution in [0.2, 0.25) is 5.02 Å². The summed E-state index contributed by atoms with van der Waals surface area (Å²) >= 11 is 7.56. The van der Waals surface area contributed by atoms with Crippen LogP contribution in [0.1, 0.15) is 16.1 Å². The fourth-order valence-corrected chi connectivity index (χ4v) is 4.21. The zero-order valence-electron chi connectivity index (χ0n) is 16.4. The number of allylic oxidation sites excluding steroid dienone is 1. The van der Waals surface area contributed by atoms with Gasteiger partial charge in [-0.05, 0) is 36.4 Å². The number of nitrogens with zero attached hydrogens (tertiary/aromatic N) is 2. The Morgan fingerprint density at radius 2 is 1.97 bits per heavy atom. The highest BCUT2D eigenvalue weighted by Crippen LogP contribution is 2.36. The van der Waals surface area contributed by atoms with Crippen molar-refractivity contribution in [2.45, 2.75) is 6.61 Å². The van der Waals surface area contributed by atoms with Gasteiger partial charge in [0.05, 0.1) is 27.9 Å². The molecular weight excluding hydrogens is 435 g/mol. The average Bonchev–Trinajstić information content (AvgIpc) is 3.21. The molecule has 0 amide bonds. The number of thiazole rings is 1. The summed E-state index contributed by atoms with van der Waals surface area (Å²) in [7, 11) is 1.52. The Balaban J connectivity index is 1.73. The zero-order chi connectivity index (χ0) is 21.8. The van der Waals surface area contributed by atoms with Crippen LogP contribution in [0.5, 0.6) is 11.5 Å². The van der Waals surface area contributed by atoms with E-state index in [1.807, 2.05) is 24.3 Å². The first kappa shape index (κ1) is 20.9. The first-order chi connectivity index (χ1) is 15.1. The summed E-state index contributed by atoms with van der Waals surface area (Å²) in [5.74, 6) is 0.396. The predicted octanol–water partition coefficient (Wildman–Crippen LogP) is 6.74. The molecule has 4 nitrogen and oxygen atoms in total. The number of aromatic nitrogens is 1. The minimum absolute atomic E-state index is 0.0876. The molecule has 0 spiro atoms. The minimum atomic E-state index is -0.452. The van der Waals surface area contributed by atoms with E-state index in [2.05, 4.69) is 11.1 Å². The number of methoxy groups -OCH3 is 1. The summed E-state index contributed by atoms with van der Waals surface area (Å²) in [5.41, 5.74) is 2.09. The third-order valence-electron chi connectivity index (χ3n) is 4.60. The molecule has 154 valence electrons. The number of nitriles is 1. The highest BCUT2D eigenvalue weighted by atomic mass is 35.5. The number of para-hydroxylation sites is 2. The van der Waals surface area contributed by atoms with E-state index in [0.29, 0.717) is 27.6 Å². The molecule has 1 aromatic heterocycles. The summed E-state index contributed by atoms with van der Waals surface area (Å²) in [4.78, 5) is 4.56. The van der Waals surface area contributed by atoms with Gasteiger partial charge in [-0.15, -0.1) is 11.3 Å². The van der Waals surface area contributed by atoms with Gasteiger partial charge in [0.25, 0.3) is 0 Å². The Morgan fingerprint density at radius 3 is 2.71 bits per heavy atom. The lowest BCUT2D eigenvalue weighted by Gasteiger charge is -2.14. The minimum Gasteiger partial charge on any atom is -0.493 e. The second-order valence-corrected chi connectivity index (χ2v) is 7.96. The van der Waals surface area contributed by atoms with Gasteiger partial charge in [0.1, 0.15) is 23.5 Å². The van der Waals surface area contributed by atoms with Crippen molar-refractivity contribution in [3.63, 3.8) is 0 Å².